The Kier molecular flexibility index (Phi) is 4.63. The van der Waals surface area contributed by atoms with Gasteiger partial charge >= 0.3 is 0 Å². The number of halogens is 2. The first-order chi connectivity index (χ1) is 9.72. The number of benzene rings is 2. The van der Waals surface area contributed by atoms with Crippen molar-refractivity contribution in [2.24, 2.45) is 0 Å². The van der Waals surface area contributed by atoms with E-state index in [-0.39, 0.29) is 22.8 Å². The predicted octanol–water partition coefficient (Wildman–Crippen LogP) is 0.134. The quantitative estimate of drug-likeness (QED) is 0.698. The van der Waals surface area contributed by atoms with Gasteiger partial charge in [-0.25, -0.2) is 4.39 Å². The van der Waals surface area contributed by atoms with E-state index >= 15 is 0 Å². The fraction of sp³-hybridized carbons (Fsp3) is 0.188. The molecular formula is C16H16BrFN3-. The molecule has 2 aromatic carbocycles. The Labute approximate surface area is 132 Å². The third-order valence-electron chi connectivity index (χ3n) is 3.58. The summed E-state index contributed by atoms with van der Waals surface area (Å²) in [6.07, 6.45) is 0. The SMILES string of the molecule is CCn1c(=N)n(Cc2ccccc2F)c2ccccc21.[Br-]. The first kappa shape index (κ1) is 15.5. The predicted molar refractivity (Wildman–Crippen MR) is 77.0 cm³/mol. The molecule has 0 radical (unpaired) electrons. The Morgan fingerprint density at radius 3 is 2.14 bits per heavy atom. The number of aromatic nitrogens is 2. The minimum Gasteiger partial charge on any atom is -1.00 e. The normalized spacial score (nSPS) is 10.6. The van der Waals surface area contributed by atoms with Gasteiger partial charge in [0.1, 0.15) is 5.82 Å². The summed E-state index contributed by atoms with van der Waals surface area (Å²) in [5.41, 5.74) is 2.97. The van der Waals surface area contributed by atoms with Gasteiger partial charge in [-0.1, -0.05) is 30.3 Å². The molecule has 0 fully saturated rings. The summed E-state index contributed by atoms with van der Waals surface area (Å²) in [6.45, 7) is 3.11. The van der Waals surface area contributed by atoms with Crippen LogP contribution in [0.25, 0.3) is 11.0 Å². The van der Waals surface area contributed by atoms with Crippen LogP contribution in [0.5, 0.6) is 0 Å². The molecule has 5 heteroatoms. The second kappa shape index (κ2) is 6.26. The Bertz CT molecular complexity index is 820. The van der Waals surface area contributed by atoms with E-state index in [1.807, 2.05) is 46.4 Å². The smallest absolute Gasteiger partial charge is 0.203 e. The molecule has 0 aliphatic rings. The lowest BCUT2D eigenvalue weighted by molar-refractivity contribution is -0.00000492. The molecule has 0 atom stereocenters. The second-order valence-corrected chi connectivity index (χ2v) is 4.73. The first-order valence-corrected chi connectivity index (χ1v) is 6.68. The molecule has 3 rings (SSSR count). The highest BCUT2D eigenvalue weighted by Gasteiger charge is 2.11. The molecule has 0 saturated carbocycles. The Balaban J connectivity index is 0.00000161. The van der Waals surface area contributed by atoms with Gasteiger partial charge < -0.3 is 26.1 Å². The summed E-state index contributed by atoms with van der Waals surface area (Å²) < 4.78 is 17.6. The van der Waals surface area contributed by atoms with E-state index in [1.54, 1.807) is 12.1 Å². The van der Waals surface area contributed by atoms with Crippen molar-refractivity contribution in [3.63, 3.8) is 0 Å². The van der Waals surface area contributed by atoms with Crippen molar-refractivity contribution < 1.29 is 21.4 Å². The van der Waals surface area contributed by atoms with E-state index in [0.29, 0.717) is 17.7 Å². The monoisotopic (exact) mass is 348 g/mol. The number of hydrogen-bond acceptors (Lipinski definition) is 1. The number of imidazole rings is 1. The van der Waals surface area contributed by atoms with Gasteiger partial charge in [0.25, 0.3) is 0 Å². The average molecular weight is 349 g/mol. The molecule has 0 aliphatic heterocycles. The Morgan fingerprint density at radius 2 is 1.52 bits per heavy atom. The number of aryl methyl sites for hydroxylation is 1. The average Bonchev–Trinajstić information content (AvgIpc) is 2.74. The summed E-state index contributed by atoms with van der Waals surface area (Å²) in [5.74, 6) is -0.229. The van der Waals surface area contributed by atoms with Crippen LogP contribution in [-0.2, 0) is 13.1 Å². The molecule has 110 valence electrons. The lowest BCUT2D eigenvalue weighted by atomic mass is 10.2. The lowest BCUT2D eigenvalue weighted by Crippen LogP contribution is -3.00. The largest absolute Gasteiger partial charge is 1.00 e. The van der Waals surface area contributed by atoms with Gasteiger partial charge in [0.2, 0.25) is 5.62 Å². The third-order valence-corrected chi connectivity index (χ3v) is 3.58. The van der Waals surface area contributed by atoms with Gasteiger partial charge in [-0.2, -0.15) is 0 Å². The fourth-order valence-electron chi connectivity index (χ4n) is 2.57. The van der Waals surface area contributed by atoms with Crippen LogP contribution >= 0.6 is 0 Å². The van der Waals surface area contributed by atoms with Crippen LogP contribution in [0.15, 0.2) is 48.5 Å². The number of para-hydroxylation sites is 2. The number of hydrogen-bond donors (Lipinski definition) is 1. The van der Waals surface area contributed by atoms with Crippen molar-refractivity contribution in [3.05, 3.63) is 65.5 Å². The summed E-state index contributed by atoms with van der Waals surface area (Å²) >= 11 is 0. The number of nitrogens with zero attached hydrogens (tertiary/aromatic N) is 2. The molecular weight excluding hydrogens is 333 g/mol. The highest BCUT2D eigenvalue weighted by atomic mass is 79.9. The molecule has 3 aromatic rings. The summed E-state index contributed by atoms with van der Waals surface area (Å²) in [6, 6.07) is 14.6. The van der Waals surface area contributed by atoms with Gasteiger partial charge in [-0.15, -0.1) is 0 Å². The standard InChI is InChI=1S/C16H16FN3.BrH/c1-2-19-14-9-5-6-10-15(14)20(16(19)18)11-12-7-3-4-8-13(12)17;/h3-10,18H,2,11H2,1H3;1H/p-1. The maximum absolute atomic E-state index is 13.8. The van der Waals surface area contributed by atoms with E-state index in [0.717, 1.165) is 17.6 Å². The molecule has 21 heavy (non-hydrogen) atoms. The number of rotatable bonds is 3. The molecule has 0 amide bonds. The molecule has 0 aliphatic carbocycles. The zero-order valence-corrected chi connectivity index (χ0v) is 13.3. The molecule has 3 nitrogen and oxygen atoms in total. The number of nitrogens with one attached hydrogen (secondary N) is 1. The van der Waals surface area contributed by atoms with Crippen molar-refractivity contribution in [1.82, 2.24) is 9.13 Å². The van der Waals surface area contributed by atoms with Crippen molar-refractivity contribution in [2.75, 3.05) is 0 Å². The molecule has 0 unspecified atom stereocenters. The van der Waals surface area contributed by atoms with Crippen molar-refractivity contribution in [3.8, 4) is 0 Å². The molecule has 0 spiro atoms. The van der Waals surface area contributed by atoms with Crippen molar-refractivity contribution in [2.45, 2.75) is 20.0 Å². The third kappa shape index (κ3) is 2.65. The van der Waals surface area contributed by atoms with Gasteiger partial charge in [0.05, 0.1) is 17.6 Å². The lowest BCUT2D eigenvalue weighted by Gasteiger charge is -2.05. The van der Waals surface area contributed by atoms with E-state index < -0.39 is 0 Å². The van der Waals surface area contributed by atoms with E-state index in [1.165, 1.54) is 6.07 Å². The minimum absolute atomic E-state index is 0. The van der Waals surface area contributed by atoms with Crippen LogP contribution < -0.4 is 22.6 Å². The fourth-order valence-corrected chi connectivity index (χ4v) is 2.57. The first-order valence-electron chi connectivity index (χ1n) is 6.68. The van der Waals surface area contributed by atoms with E-state index in [4.69, 9.17) is 5.41 Å². The van der Waals surface area contributed by atoms with Gasteiger partial charge in [0, 0.05) is 12.1 Å². The minimum atomic E-state index is -0.229. The van der Waals surface area contributed by atoms with Crippen LogP contribution in [-0.4, -0.2) is 9.13 Å². The summed E-state index contributed by atoms with van der Waals surface area (Å²) in [7, 11) is 0. The van der Waals surface area contributed by atoms with E-state index in [2.05, 4.69) is 0 Å². The topological polar surface area (TPSA) is 33.7 Å². The maximum Gasteiger partial charge on any atom is 0.203 e. The highest BCUT2D eigenvalue weighted by Crippen LogP contribution is 2.15. The number of fused-ring (bicyclic) bond motifs is 1. The van der Waals surface area contributed by atoms with Gasteiger partial charge in [0.15, 0.2) is 0 Å². The van der Waals surface area contributed by atoms with Gasteiger partial charge in [-0.3, -0.25) is 5.41 Å². The summed E-state index contributed by atoms with van der Waals surface area (Å²) in [5, 5.41) is 8.30. The van der Waals surface area contributed by atoms with Crippen LogP contribution in [0.3, 0.4) is 0 Å². The molecule has 0 saturated heterocycles. The van der Waals surface area contributed by atoms with Crippen molar-refractivity contribution in [1.29, 1.82) is 5.41 Å². The highest BCUT2D eigenvalue weighted by molar-refractivity contribution is 5.76. The summed E-state index contributed by atoms with van der Waals surface area (Å²) in [4.78, 5) is 0. The van der Waals surface area contributed by atoms with Gasteiger partial charge in [-0.05, 0) is 25.1 Å². The molecule has 1 heterocycles. The van der Waals surface area contributed by atoms with Crippen LogP contribution in [0.1, 0.15) is 12.5 Å². The van der Waals surface area contributed by atoms with E-state index in [9.17, 15) is 4.39 Å². The molecule has 1 aromatic heterocycles. The molecule has 0 bridgehead atoms. The zero-order valence-electron chi connectivity index (χ0n) is 11.7. The van der Waals surface area contributed by atoms with Crippen LogP contribution in [0, 0.1) is 11.2 Å². The molecule has 1 N–H and O–H groups in total. The van der Waals surface area contributed by atoms with Crippen molar-refractivity contribution >= 4 is 11.0 Å². The second-order valence-electron chi connectivity index (χ2n) is 4.73. The Morgan fingerprint density at radius 1 is 0.952 bits per heavy atom. The zero-order chi connectivity index (χ0) is 14.1. The maximum atomic E-state index is 13.8. The van der Waals surface area contributed by atoms with Crippen LogP contribution in [0.4, 0.5) is 4.39 Å². The Hall–Kier alpha value is -1.88. The van der Waals surface area contributed by atoms with Crippen LogP contribution in [0.2, 0.25) is 0 Å².